The van der Waals surface area contributed by atoms with Gasteiger partial charge in [-0.3, -0.25) is 9.78 Å². The Hall–Kier alpha value is -2.60. The topological polar surface area (TPSA) is 60.9 Å². The van der Waals surface area contributed by atoms with Crippen molar-refractivity contribution in [2.75, 3.05) is 26.9 Å². The molecule has 2 heterocycles. The minimum absolute atomic E-state index is 0.0350. The predicted molar refractivity (Wildman–Crippen MR) is 97.1 cm³/mol. The van der Waals surface area contributed by atoms with Crippen LogP contribution < -0.4 is 9.47 Å². The molecule has 0 bridgehead atoms. The summed E-state index contributed by atoms with van der Waals surface area (Å²) in [6, 6.07) is 12.9. The average molecular weight is 356 g/mol. The summed E-state index contributed by atoms with van der Waals surface area (Å²) in [5.74, 6) is 1.21. The van der Waals surface area contributed by atoms with Crippen molar-refractivity contribution in [1.82, 2.24) is 9.88 Å². The van der Waals surface area contributed by atoms with Gasteiger partial charge in [-0.2, -0.15) is 0 Å². The van der Waals surface area contributed by atoms with Crippen LogP contribution in [0.1, 0.15) is 18.5 Å². The summed E-state index contributed by atoms with van der Waals surface area (Å²) < 4.78 is 16.5. The minimum atomic E-state index is -0.0889. The summed E-state index contributed by atoms with van der Waals surface area (Å²) in [5.41, 5.74) is 0.847. The second kappa shape index (κ2) is 9.20. The number of aromatic nitrogens is 1. The maximum Gasteiger partial charge on any atom is 0.260 e. The van der Waals surface area contributed by atoms with Gasteiger partial charge in [-0.1, -0.05) is 12.1 Å². The molecule has 1 aliphatic heterocycles. The zero-order chi connectivity index (χ0) is 18.2. The Morgan fingerprint density at radius 2 is 2.15 bits per heavy atom. The lowest BCUT2D eigenvalue weighted by Gasteiger charge is -2.25. The molecule has 2 aromatic rings. The highest BCUT2D eigenvalue weighted by atomic mass is 16.5. The van der Waals surface area contributed by atoms with Gasteiger partial charge in [0, 0.05) is 25.4 Å². The molecule has 1 atom stereocenters. The van der Waals surface area contributed by atoms with E-state index in [2.05, 4.69) is 4.98 Å². The van der Waals surface area contributed by atoms with E-state index in [9.17, 15) is 4.79 Å². The SMILES string of the molecule is COc1cccc(OCC(=O)N(Cc2ccccn2)C[C@H]2CCCO2)c1. The van der Waals surface area contributed by atoms with E-state index in [0.717, 1.165) is 25.1 Å². The van der Waals surface area contributed by atoms with Crippen molar-refractivity contribution in [1.29, 1.82) is 0 Å². The number of methoxy groups -OCH3 is 1. The molecule has 1 aliphatic rings. The zero-order valence-electron chi connectivity index (χ0n) is 15.0. The average Bonchev–Trinajstić information content (AvgIpc) is 3.20. The summed E-state index contributed by atoms with van der Waals surface area (Å²) in [6.07, 6.45) is 3.83. The number of hydrogen-bond acceptors (Lipinski definition) is 5. The number of rotatable bonds is 8. The first-order valence-corrected chi connectivity index (χ1v) is 8.81. The third-order valence-electron chi connectivity index (χ3n) is 4.28. The number of benzene rings is 1. The van der Waals surface area contributed by atoms with E-state index in [0.29, 0.717) is 24.6 Å². The van der Waals surface area contributed by atoms with Gasteiger partial charge in [-0.05, 0) is 37.1 Å². The monoisotopic (exact) mass is 356 g/mol. The van der Waals surface area contributed by atoms with Crippen molar-refractivity contribution in [2.24, 2.45) is 0 Å². The van der Waals surface area contributed by atoms with Crippen LogP contribution in [0.15, 0.2) is 48.7 Å². The molecule has 6 nitrogen and oxygen atoms in total. The van der Waals surface area contributed by atoms with Gasteiger partial charge in [0.25, 0.3) is 5.91 Å². The van der Waals surface area contributed by atoms with Crippen LogP contribution in [0.2, 0.25) is 0 Å². The van der Waals surface area contributed by atoms with E-state index in [1.165, 1.54) is 0 Å². The van der Waals surface area contributed by atoms with E-state index in [1.807, 2.05) is 30.3 Å². The van der Waals surface area contributed by atoms with E-state index >= 15 is 0 Å². The van der Waals surface area contributed by atoms with Crippen molar-refractivity contribution in [3.8, 4) is 11.5 Å². The van der Waals surface area contributed by atoms with Gasteiger partial charge in [0.05, 0.1) is 25.5 Å². The quantitative estimate of drug-likeness (QED) is 0.728. The van der Waals surface area contributed by atoms with Gasteiger partial charge < -0.3 is 19.1 Å². The maximum atomic E-state index is 12.7. The van der Waals surface area contributed by atoms with Crippen LogP contribution in [0.4, 0.5) is 0 Å². The summed E-state index contributed by atoms with van der Waals surface area (Å²) in [7, 11) is 1.60. The van der Waals surface area contributed by atoms with Gasteiger partial charge >= 0.3 is 0 Å². The molecule has 0 aliphatic carbocycles. The van der Waals surface area contributed by atoms with Gasteiger partial charge in [-0.25, -0.2) is 0 Å². The molecule has 26 heavy (non-hydrogen) atoms. The summed E-state index contributed by atoms with van der Waals surface area (Å²) in [4.78, 5) is 18.8. The largest absolute Gasteiger partial charge is 0.497 e. The molecule has 0 radical (unpaired) electrons. The molecule has 0 spiro atoms. The molecule has 0 saturated carbocycles. The molecule has 1 amide bonds. The van der Waals surface area contributed by atoms with Crippen LogP contribution in [0.25, 0.3) is 0 Å². The number of hydrogen-bond donors (Lipinski definition) is 0. The Balaban J connectivity index is 1.62. The highest BCUT2D eigenvalue weighted by molar-refractivity contribution is 5.77. The third kappa shape index (κ3) is 5.20. The number of carbonyl (C=O) groups excluding carboxylic acids is 1. The molecule has 3 rings (SSSR count). The van der Waals surface area contributed by atoms with E-state index in [4.69, 9.17) is 14.2 Å². The first-order valence-electron chi connectivity index (χ1n) is 8.81. The lowest BCUT2D eigenvalue weighted by molar-refractivity contribution is -0.135. The number of carbonyl (C=O) groups is 1. The van der Waals surface area contributed by atoms with E-state index < -0.39 is 0 Å². The molecule has 1 saturated heterocycles. The second-order valence-electron chi connectivity index (χ2n) is 6.20. The lowest BCUT2D eigenvalue weighted by Crippen LogP contribution is -2.39. The molecule has 6 heteroatoms. The molecule has 1 aromatic heterocycles. The van der Waals surface area contributed by atoms with Crippen molar-refractivity contribution >= 4 is 5.91 Å². The van der Waals surface area contributed by atoms with Gasteiger partial charge in [0.15, 0.2) is 6.61 Å². The van der Waals surface area contributed by atoms with Crippen molar-refractivity contribution in [3.63, 3.8) is 0 Å². The van der Waals surface area contributed by atoms with Gasteiger partial charge in [0.1, 0.15) is 11.5 Å². The normalized spacial score (nSPS) is 16.3. The Bertz CT molecular complexity index is 702. The van der Waals surface area contributed by atoms with Gasteiger partial charge in [0.2, 0.25) is 0 Å². The first-order chi connectivity index (χ1) is 12.7. The summed E-state index contributed by atoms with van der Waals surface area (Å²) in [5, 5.41) is 0. The fourth-order valence-corrected chi connectivity index (χ4v) is 2.90. The lowest BCUT2D eigenvalue weighted by atomic mass is 10.2. The van der Waals surface area contributed by atoms with Crippen LogP contribution in [0.5, 0.6) is 11.5 Å². The van der Waals surface area contributed by atoms with Crippen molar-refractivity contribution < 1.29 is 19.0 Å². The number of pyridine rings is 1. The van der Waals surface area contributed by atoms with Crippen LogP contribution >= 0.6 is 0 Å². The summed E-state index contributed by atoms with van der Waals surface area (Å²) in [6.45, 7) is 1.72. The third-order valence-corrected chi connectivity index (χ3v) is 4.28. The Labute approximate surface area is 153 Å². The smallest absolute Gasteiger partial charge is 0.260 e. The fourth-order valence-electron chi connectivity index (χ4n) is 2.90. The Morgan fingerprint density at radius 3 is 2.88 bits per heavy atom. The molecule has 0 unspecified atom stereocenters. The highest BCUT2D eigenvalue weighted by Crippen LogP contribution is 2.19. The van der Waals surface area contributed by atoms with Crippen molar-refractivity contribution in [3.05, 3.63) is 54.4 Å². The summed E-state index contributed by atoms with van der Waals surface area (Å²) >= 11 is 0. The van der Waals surface area contributed by atoms with Gasteiger partial charge in [-0.15, -0.1) is 0 Å². The Kier molecular flexibility index (Phi) is 6.44. The number of nitrogens with zero attached hydrogens (tertiary/aromatic N) is 2. The van der Waals surface area contributed by atoms with Crippen LogP contribution in [0, 0.1) is 0 Å². The molecule has 138 valence electrons. The zero-order valence-corrected chi connectivity index (χ0v) is 15.0. The molecule has 1 aromatic carbocycles. The van der Waals surface area contributed by atoms with Crippen LogP contribution in [-0.4, -0.2) is 48.8 Å². The van der Waals surface area contributed by atoms with Crippen LogP contribution in [-0.2, 0) is 16.1 Å². The second-order valence-corrected chi connectivity index (χ2v) is 6.20. The highest BCUT2D eigenvalue weighted by Gasteiger charge is 2.23. The predicted octanol–water partition coefficient (Wildman–Crippen LogP) is 2.68. The Morgan fingerprint density at radius 1 is 1.27 bits per heavy atom. The standard InChI is InChI=1S/C20H24N2O4/c1-24-17-7-4-8-18(12-17)26-15-20(23)22(14-19-9-5-11-25-19)13-16-6-2-3-10-21-16/h2-4,6-8,10,12,19H,5,9,11,13-15H2,1H3/t19-/m1/s1. The number of amides is 1. The molecular formula is C20H24N2O4. The molecule has 0 N–H and O–H groups in total. The van der Waals surface area contributed by atoms with E-state index in [-0.39, 0.29) is 18.6 Å². The van der Waals surface area contributed by atoms with E-state index in [1.54, 1.807) is 30.3 Å². The fraction of sp³-hybridized carbons (Fsp3) is 0.400. The molecule has 1 fully saturated rings. The molecular weight excluding hydrogens is 332 g/mol. The van der Waals surface area contributed by atoms with Crippen molar-refractivity contribution in [2.45, 2.75) is 25.5 Å². The first kappa shape index (κ1) is 18.2. The van der Waals surface area contributed by atoms with Crippen LogP contribution in [0.3, 0.4) is 0 Å². The maximum absolute atomic E-state index is 12.7. The minimum Gasteiger partial charge on any atom is -0.497 e. The number of ether oxygens (including phenoxy) is 3.